The van der Waals surface area contributed by atoms with Crippen molar-refractivity contribution >= 4 is 29.4 Å². The van der Waals surface area contributed by atoms with Crippen molar-refractivity contribution < 1.29 is 19.2 Å². The summed E-state index contributed by atoms with van der Waals surface area (Å²) in [6.07, 6.45) is 0. The van der Waals surface area contributed by atoms with Crippen LogP contribution in [0.1, 0.15) is 31.1 Å². The number of fused-ring (bicyclic) bond motifs is 1. The van der Waals surface area contributed by atoms with Crippen molar-refractivity contribution in [3.05, 3.63) is 70.2 Å². The number of rotatable bonds is 2. The van der Waals surface area contributed by atoms with E-state index in [1.807, 2.05) is 0 Å². The number of benzene rings is 2. The van der Waals surface area contributed by atoms with Crippen LogP contribution in [0, 0.1) is 0 Å². The lowest BCUT2D eigenvalue weighted by Crippen LogP contribution is -2.32. The first kappa shape index (κ1) is 13.3. The summed E-state index contributed by atoms with van der Waals surface area (Å²) in [6.45, 7) is 0. The van der Waals surface area contributed by atoms with E-state index in [0.29, 0.717) is 10.1 Å². The van der Waals surface area contributed by atoms with E-state index in [0.717, 1.165) is 0 Å². The van der Waals surface area contributed by atoms with E-state index in [1.165, 1.54) is 24.3 Å². The van der Waals surface area contributed by atoms with Crippen LogP contribution in [0.2, 0.25) is 5.02 Å². The number of amides is 2. The number of hydrogen-bond donors (Lipinski definition) is 0. The van der Waals surface area contributed by atoms with Gasteiger partial charge in [-0.2, -0.15) is 0 Å². The Hall–Kier alpha value is -2.66. The molecule has 0 saturated heterocycles. The molecule has 6 heteroatoms. The minimum atomic E-state index is -0.827. The Bertz CT molecular complexity index is 737. The number of halogens is 1. The van der Waals surface area contributed by atoms with Crippen molar-refractivity contribution in [2.24, 2.45) is 0 Å². The highest BCUT2D eigenvalue weighted by Gasteiger charge is 2.38. The van der Waals surface area contributed by atoms with Crippen LogP contribution in [0.25, 0.3) is 0 Å². The fourth-order valence-electron chi connectivity index (χ4n) is 2.00. The highest BCUT2D eigenvalue weighted by molar-refractivity contribution is 6.31. The quantitative estimate of drug-likeness (QED) is 0.800. The number of imide groups is 1. The molecule has 0 atom stereocenters. The van der Waals surface area contributed by atoms with Crippen molar-refractivity contribution in [3.8, 4) is 0 Å². The fraction of sp³-hybridized carbons (Fsp3) is 0. The van der Waals surface area contributed by atoms with Gasteiger partial charge < -0.3 is 4.84 Å². The topological polar surface area (TPSA) is 63.7 Å². The van der Waals surface area contributed by atoms with Gasteiger partial charge in [-0.05, 0) is 30.3 Å². The van der Waals surface area contributed by atoms with E-state index < -0.39 is 17.8 Å². The highest BCUT2D eigenvalue weighted by atomic mass is 35.5. The first-order valence-electron chi connectivity index (χ1n) is 6.03. The molecule has 3 rings (SSSR count). The van der Waals surface area contributed by atoms with Crippen molar-refractivity contribution in [2.75, 3.05) is 0 Å². The average molecular weight is 302 g/mol. The summed E-state index contributed by atoms with van der Waals surface area (Å²) < 4.78 is 0. The maximum absolute atomic E-state index is 12.0. The second-order valence-electron chi connectivity index (χ2n) is 4.34. The van der Waals surface area contributed by atoms with Gasteiger partial charge in [0, 0.05) is 5.02 Å². The predicted octanol–water partition coefficient (Wildman–Crippen LogP) is 2.71. The van der Waals surface area contributed by atoms with E-state index in [2.05, 4.69) is 0 Å². The van der Waals surface area contributed by atoms with Gasteiger partial charge in [0.2, 0.25) is 0 Å². The molecule has 104 valence electrons. The Morgan fingerprint density at radius 1 is 0.952 bits per heavy atom. The molecule has 0 fully saturated rings. The van der Waals surface area contributed by atoms with Gasteiger partial charge in [-0.25, -0.2) is 4.79 Å². The van der Waals surface area contributed by atoms with Gasteiger partial charge in [0.25, 0.3) is 11.8 Å². The summed E-state index contributed by atoms with van der Waals surface area (Å²) in [4.78, 5) is 40.9. The maximum atomic E-state index is 12.0. The zero-order valence-electron chi connectivity index (χ0n) is 10.6. The Morgan fingerprint density at radius 3 is 2.14 bits per heavy atom. The third-order valence-corrected chi connectivity index (χ3v) is 3.23. The largest absolute Gasteiger partial charge is 0.364 e. The Morgan fingerprint density at radius 2 is 1.57 bits per heavy atom. The van der Waals surface area contributed by atoms with E-state index in [-0.39, 0.29) is 16.7 Å². The lowest BCUT2D eigenvalue weighted by Gasteiger charge is -2.12. The number of hydrogen-bond acceptors (Lipinski definition) is 4. The fourth-order valence-corrected chi connectivity index (χ4v) is 2.19. The van der Waals surface area contributed by atoms with Gasteiger partial charge in [-0.1, -0.05) is 34.9 Å². The first-order valence-corrected chi connectivity index (χ1v) is 6.41. The van der Waals surface area contributed by atoms with E-state index in [1.54, 1.807) is 24.3 Å². The Balaban J connectivity index is 1.85. The molecule has 0 aliphatic carbocycles. The number of carbonyl (C=O) groups excluding carboxylic acids is 3. The summed E-state index contributed by atoms with van der Waals surface area (Å²) in [7, 11) is 0. The van der Waals surface area contributed by atoms with Gasteiger partial charge in [0.1, 0.15) is 0 Å². The van der Waals surface area contributed by atoms with E-state index >= 15 is 0 Å². The molecule has 0 aromatic heterocycles. The molecule has 0 spiro atoms. The molecule has 1 aliphatic rings. The van der Waals surface area contributed by atoms with E-state index in [4.69, 9.17) is 16.4 Å². The van der Waals surface area contributed by atoms with Crippen molar-refractivity contribution in [2.45, 2.75) is 0 Å². The molecule has 0 bridgehead atoms. The molecule has 2 aromatic rings. The minimum absolute atomic E-state index is 0.152. The molecule has 1 heterocycles. The number of nitrogens with zero attached hydrogens (tertiary/aromatic N) is 1. The summed E-state index contributed by atoms with van der Waals surface area (Å²) in [6, 6.07) is 12.3. The average Bonchev–Trinajstić information content (AvgIpc) is 2.73. The molecule has 2 aromatic carbocycles. The standard InChI is InChI=1S/C15H8ClNO4/c16-10-5-3-4-9(8-10)15(20)21-17-13(18)11-6-1-2-7-12(11)14(17)19/h1-8H. The van der Waals surface area contributed by atoms with Crippen molar-refractivity contribution in [1.29, 1.82) is 0 Å². The molecule has 0 saturated carbocycles. The van der Waals surface area contributed by atoms with Crippen LogP contribution in [-0.4, -0.2) is 22.8 Å². The molecular weight excluding hydrogens is 294 g/mol. The summed E-state index contributed by atoms with van der Waals surface area (Å²) in [5.41, 5.74) is 0.571. The second kappa shape index (κ2) is 5.03. The van der Waals surface area contributed by atoms with Gasteiger partial charge >= 0.3 is 5.97 Å². The van der Waals surface area contributed by atoms with E-state index in [9.17, 15) is 14.4 Å². The number of carbonyl (C=O) groups is 3. The molecule has 2 amide bonds. The van der Waals surface area contributed by atoms with Gasteiger partial charge in [0.15, 0.2) is 0 Å². The van der Waals surface area contributed by atoms with Crippen LogP contribution in [0.5, 0.6) is 0 Å². The van der Waals surface area contributed by atoms with Crippen molar-refractivity contribution in [3.63, 3.8) is 0 Å². The molecule has 21 heavy (non-hydrogen) atoms. The molecule has 0 unspecified atom stereocenters. The van der Waals surface area contributed by atoms with Crippen LogP contribution in [0.15, 0.2) is 48.5 Å². The third-order valence-electron chi connectivity index (χ3n) is 2.99. The Labute approximate surface area is 124 Å². The van der Waals surface area contributed by atoms with Crippen LogP contribution >= 0.6 is 11.6 Å². The zero-order chi connectivity index (χ0) is 15.0. The summed E-state index contributed by atoms with van der Waals surface area (Å²) in [5, 5.41) is 0.820. The SMILES string of the molecule is O=C(ON1C(=O)c2ccccc2C1=O)c1cccc(Cl)c1. The van der Waals surface area contributed by atoms with Crippen LogP contribution in [-0.2, 0) is 4.84 Å². The third kappa shape index (κ3) is 2.28. The van der Waals surface area contributed by atoms with Crippen LogP contribution in [0.4, 0.5) is 0 Å². The zero-order valence-corrected chi connectivity index (χ0v) is 11.3. The second-order valence-corrected chi connectivity index (χ2v) is 4.78. The minimum Gasteiger partial charge on any atom is -0.324 e. The summed E-state index contributed by atoms with van der Waals surface area (Å²) in [5.74, 6) is -2.15. The molecule has 0 N–H and O–H groups in total. The normalized spacial score (nSPS) is 13.3. The summed E-state index contributed by atoms with van der Waals surface area (Å²) >= 11 is 5.78. The molecule has 5 nitrogen and oxygen atoms in total. The van der Waals surface area contributed by atoms with Gasteiger partial charge in [0.05, 0.1) is 16.7 Å². The first-order chi connectivity index (χ1) is 10.1. The lowest BCUT2D eigenvalue weighted by atomic mass is 10.1. The highest BCUT2D eigenvalue weighted by Crippen LogP contribution is 2.23. The Kier molecular flexibility index (Phi) is 3.19. The van der Waals surface area contributed by atoms with Gasteiger partial charge in [-0.3, -0.25) is 9.59 Å². The monoisotopic (exact) mass is 301 g/mol. The maximum Gasteiger partial charge on any atom is 0.364 e. The lowest BCUT2D eigenvalue weighted by molar-refractivity contribution is -0.0584. The smallest absolute Gasteiger partial charge is 0.324 e. The van der Waals surface area contributed by atoms with Gasteiger partial charge in [-0.15, -0.1) is 0 Å². The van der Waals surface area contributed by atoms with Crippen LogP contribution < -0.4 is 0 Å². The molecule has 1 aliphatic heterocycles. The predicted molar refractivity (Wildman–Crippen MR) is 73.8 cm³/mol. The molecule has 0 radical (unpaired) electrons. The number of hydroxylamine groups is 2. The van der Waals surface area contributed by atoms with Crippen LogP contribution in [0.3, 0.4) is 0 Å². The van der Waals surface area contributed by atoms with Crippen molar-refractivity contribution in [1.82, 2.24) is 5.06 Å². The molecular formula is C15H8ClNO4.